The van der Waals surface area contributed by atoms with E-state index in [-0.39, 0.29) is 11.4 Å². The van der Waals surface area contributed by atoms with E-state index in [0.29, 0.717) is 26.6 Å². The first-order valence-corrected chi connectivity index (χ1v) is 9.53. The number of rotatable bonds is 5. The highest BCUT2D eigenvalue weighted by Crippen LogP contribution is 2.35. The minimum Gasteiger partial charge on any atom is -0.389 e. The van der Waals surface area contributed by atoms with Gasteiger partial charge in [-0.3, -0.25) is 9.40 Å². The van der Waals surface area contributed by atoms with E-state index in [9.17, 15) is 13.5 Å². The van der Waals surface area contributed by atoms with E-state index in [2.05, 4.69) is 14.8 Å². The Kier molecular flexibility index (Phi) is 4.48. The average Bonchev–Trinajstić information content (AvgIpc) is 3.08. The second-order valence-electron chi connectivity index (χ2n) is 6.27. The molecule has 0 aliphatic rings. The Hall–Kier alpha value is -1.74. The fourth-order valence-electron chi connectivity index (χ4n) is 2.42. The fourth-order valence-corrected chi connectivity index (χ4v) is 4.01. The molecule has 0 aliphatic carbocycles. The molecule has 2 aromatic heterocycles. The third kappa shape index (κ3) is 3.77. The summed E-state index contributed by atoms with van der Waals surface area (Å²) in [7, 11) is -3.86. The number of benzene rings is 1. The minimum atomic E-state index is -3.86. The van der Waals surface area contributed by atoms with Gasteiger partial charge in [-0.05, 0) is 26.0 Å². The van der Waals surface area contributed by atoms with Crippen LogP contribution in [0.5, 0.6) is 0 Å². The molecule has 0 unspecified atom stereocenters. The maximum atomic E-state index is 12.6. The Morgan fingerprint density at radius 1 is 1.32 bits per heavy atom. The molecule has 7 nitrogen and oxygen atoms in total. The lowest BCUT2D eigenvalue weighted by molar-refractivity contribution is 0.0577. The number of hydrogen-bond donors (Lipinski definition) is 3. The predicted molar refractivity (Wildman–Crippen MR) is 97.7 cm³/mol. The Labute approximate surface area is 154 Å². The maximum Gasteiger partial charge on any atom is 0.265 e. The van der Waals surface area contributed by atoms with Crippen LogP contribution in [0.4, 0.5) is 5.69 Å². The van der Waals surface area contributed by atoms with Gasteiger partial charge in [0, 0.05) is 17.8 Å². The van der Waals surface area contributed by atoms with Crippen molar-refractivity contribution in [1.82, 2.24) is 14.8 Å². The zero-order valence-corrected chi connectivity index (χ0v) is 15.7. The first-order chi connectivity index (χ1) is 11.6. The molecular weight excluding hydrogens is 387 g/mol. The normalized spacial score (nSPS) is 12.7. The second kappa shape index (κ2) is 6.21. The van der Waals surface area contributed by atoms with Crippen molar-refractivity contribution in [3.8, 4) is 0 Å². The average molecular weight is 403 g/mol. The zero-order valence-electron chi connectivity index (χ0n) is 13.4. The molecule has 10 heteroatoms. The number of aromatic nitrogens is 3. The summed E-state index contributed by atoms with van der Waals surface area (Å²) in [5.41, 5.74) is -0.199. The summed E-state index contributed by atoms with van der Waals surface area (Å²) in [5, 5.41) is 15.2. The standard InChI is InChI=1S/C15H16Cl2N4O3S/c1-15(2,22)8-21-7-9(5-19-21)25(23,24)20-12-4-3-10(16)13-11(17)6-18-14(12)13/h3-7,18,20,22H,8H2,1-2H3. The number of aliphatic hydroxyl groups is 1. The van der Waals surface area contributed by atoms with Crippen molar-refractivity contribution in [2.45, 2.75) is 30.9 Å². The van der Waals surface area contributed by atoms with Crippen LogP contribution in [0.15, 0.2) is 35.6 Å². The summed E-state index contributed by atoms with van der Waals surface area (Å²) in [6.45, 7) is 3.39. The lowest BCUT2D eigenvalue weighted by Crippen LogP contribution is -2.26. The Bertz CT molecular complexity index is 1030. The maximum absolute atomic E-state index is 12.6. The summed E-state index contributed by atoms with van der Waals surface area (Å²) in [6, 6.07) is 3.12. The van der Waals surface area contributed by atoms with E-state index in [4.69, 9.17) is 23.2 Å². The van der Waals surface area contributed by atoms with E-state index in [1.54, 1.807) is 26.0 Å². The predicted octanol–water partition coefficient (Wildman–Crippen LogP) is 3.24. The number of nitrogens with zero attached hydrogens (tertiary/aromatic N) is 2. The van der Waals surface area contributed by atoms with E-state index >= 15 is 0 Å². The van der Waals surface area contributed by atoms with Gasteiger partial charge in [0.15, 0.2) is 0 Å². The van der Waals surface area contributed by atoms with E-state index in [0.717, 1.165) is 0 Å². The summed E-state index contributed by atoms with van der Waals surface area (Å²) in [5.74, 6) is 0. The number of H-pyrrole nitrogens is 1. The molecule has 0 bridgehead atoms. The number of sulfonamides is 1. The quantitative estimate of drug-likeness (QED) is 0.609. The van der Waals surface area contributed by atoms with Gasteiger partial charge in [0.1, 0.15) is 4.90 Å². The molecule has 0 aliphatic heterocycles. The van der Waals surface area contributed by atoms with Crippen LogP contribution in [0.2, 0.25) is 10.0 Å². The van der Waals surface area contributed by atoms with E-state index < -0.39 is 15.6 Å². The highest BCUT2D eigenvalue weighted by Gasteiger charge is 2.21. The Morgan fingerprint density at radius 3 is 2.72 bits per heavy atom. The van der Waals surface area contributed by atoms with Crippen LogP contribution in [-0.2, 0) is 16.6 Å². The molecule has 0 spiro atoms. The van der Waals surface area contributed by atoms with E-state index in [1.165, 1.54) is 23.3 Å². The van der Waals surface area contributed by atoms with E-state index in [1.807, 2.05) is 0 Å². The van der Waals surface area contributed by atoms with Crippen molar-refractivity contribution >= 4 is 49.8 Å². The van der Waals surface area contributed by atoms with Crippen molar-refractivity contribution in [3.05, 3.63) is 40.8 Å². The molecule has 1 aromatic carbocycles. The molecule has 0 radical (unpaired) electrons. The van der Waals surface area contributed by atoms with Crippen LogP contribution in [0.1, 0.15) is 13.8 Å². The van der Waals surface area contributed by atoms with Gasteiger partial charge in [0.25, 0.3) is 10.0 Å². The molecule has 3 N–H and O–H groups in total. The van der Waals surface area contributed by atoms with Gasteiger partial charge in [-0.25, -0.2) is 8.42 Å². The lowest BCUT2D eigenvalue weighted by Gasteiger charge is -2.16. The summed E-state index contributed by atoms with van der Waals surface area (Å²) in [4.78, 5) is 2.89. The summed E-state index contributed by atoms with van der Waals surface area (Å²) in [6.07, 6.45) is 4.12. The van der Waals surface area contributed by atoms with Crippen LogP contribution in [-0.4, -0.2) is 33.9 Å². The molecule has 134 valence electrons. The molecule has 25 heavy (non-hydrogen) atoms. The number of anilines is 1. The molecule has 0 atom stereocenters. The number of nitrogens with one attached hydrogen (secondary N) is 2. The fraction of sp³-hybridized carbons (Fsp3) is 0.267. The zero-order chi connectivity index (χ0) is 18.4. The largest absolute Gasteiger partial charge is 0.389 e. The SMILES string of the molecule is CC(C)(O)Cn1cc(S(=O)(=O)Nc2ccc(Cl)c3c(Cl)c[nH]c23)cn1. The Morgan fingerprint density at radius 2 is 2.04 bits per heavy atom. The topological polar surface area (TPSA) is 100 Å². The first kappa shape index (κ1) is 18.1. The second-order valence-corrected chi connectivity index (χ2v) is 8.77. The van der Waals surface area contributed by atoms with Crippen LogP contribution in [0, 0.1) is 0 Å². The lowest BCUT2D eigenvalue weighted by atomic mass is 10.1. The highest BCUT2D eigenvalue weighted by molar-refractivity contribution is 7.92. The molecular formula is C15H16Cl2N4O3S. The third-order valence-electron chi connectivity index (χ3n) is 3.45. The highest BCUT2D eigenvalue weighted by atomic mass is 35.5. The van der Waals surface area contributed by atoms with Gasteiger partial charge in [0.2, 0.25) is 0 Å². The van der Waals surface area contributed by atoms with Gasteiger partial charge in [-0.1, -0.05) is 23.2 Å². The van der Waals surface area contributed by atoms with Gasteiger partial charge < -0.3 is 10.1 Å². The van der Waals surface area contributed by atoms with Crippen LogP contribution in [0.25, 0.3) is 10.9 Å². The van der Waals surface area contributed by atoms with Gasteiger partial charge >= 0.3 is 0 Å². The number of hydrogen-bond acceptors (Lipinski definition) is 4. The molecule has 3 aromatic rings. The smallest absolute Gasteiger partial charge is 0.265 e. The number of halogens is 2. The van der Waals surface area contributed by atoms with Gasteiger partial charge in [-0.15, -0.1) is 0 Å². The first-order valence-electron chi connectivity index (χ1n) is 7.29. The summed E-state index contributed by atoms with van der Waals surface area (Å²) < 4.78 is 29.1. The molecule has 3 rings (SSSR count). The molecule has 0 saturated heterocycles. The van der Waals surface area contributed by atoms with Crippen molar-refractivity contribution in [2.75, 3.05) is 4.72 Å². The van der Waals surface area contributed by atoms with Gasteiger partial charge in [0.05, 0.1) is 39.6 Å². The minimum absolute atomic E-state index is 0.0162. The van der Waals surface area contributed by atoms with Crippen LogP contribution in [0.3, 0.4) is 0 Å². The van der Waals surface area contributed by atoms with Crippen molar-refractivity contribution in [1.29, 1.82) is 0 Å². The van der Waals surface area contributed by atoms with Crippen LogP contribution >= 0.6 is 23.2 Å². The van der Waals surface area contributed by atoms with Crippen molar-refractivity contribution in [2.24, 2.45) is 0 Å². The number of aromatic amines is 1. The summed E-state index contributed by atoms with van der Waals surface area (Å²) >= 11 is 12.2. The number of fused-ring (bicyclic) bond motifs is 1. The van der Waals surface area contributed by atoms with Crippen molar-refractivity contribution < 1.29 is 13.5 Å². The molecule has 0 fully saturated rings. The van der Waals surface area contributed by atoms with Gasteiger partial charge in [-0.2, -0.15) is 5.10 Å². The third-order valence-corrected chi connectivity index (χ3v) is 5.38. The molecule has 0 amide bonds. The molecule has 2 heterocycles. The Balaban J connectivity index is 1.94. The van der Waals surface area contributed by atoms with Crippen LogP contribution < -0.4 is 4.72 Å². The molecule has 0 saturated carbocycles. The monoisotopic (exact) mass is 402 g/mol. The van der Waals surface area contributed by atoms with Crippen molar-refractivity contribution in [3.63, 3.8) is 0 Å².